The van der Waals surface area contributed by atoms with E-state index in [1.54, 1.807) is 13.0 Å². The Morgan fingerprint density at radius 3 is 2.78 bits per heavy atom. The third kappa shape index (κ3) is 4.36. The van der Waals surface area contributed by atoms with E-state index in [-0.39, 0.29) is 24.1 Å². The first-order valence-electron chi connectivity index (χ1n) is 8.07. The van der Waals surface area contributed by atoms with Crippen LogP contribution in [0.25, 0.3) is 0 Å². The van der Waals surface area contributed by atoms with Crippen molar-refractivity contribution >= 4 is 17.5 Å². The average Bonchev–Trinajstić information content (AvgIpc) is 2.47. The van der Waals surface area contributed by atoms with Crippen molar-refractivity contribution in [2.45, 2.75) is 45.6 Å². The Bertz CT molecular complexity index is 561. The fourth-order valence-corrected chi connectivity index (χ4v) is 2.37. The van der Waals surface area contributed by atoms with Gasteiger partial charge in [-0.25, -0.2) is 4.98 Å². The Balaban J connectivity index is 2.07. The molecule has 6 heteroatoms. The number of hydrogen-bond acceptors (Lipinski definition) is 4. The van der Waals surface area contributed by atoms with Gasteiger partial charge in [0.15, 0.2) is 0 Å². The van der Waals surface area contributed by atoms with Gasteiger partial charge in [-0.3, -0.25) is 4.79 Å². The van der Waals surface area contributed by atoms with E-state index in [2.05, 4.69) is 10.3 Å². The fraction of sp³-hybridized carbons (Fsp3) is 0.647. The SMILES string of the molecule is CC(C)C(C)(CO)NC(=O)c1cc(OCC2CCC2)c(Cl)cn1. The van der Waals surface area contributed by atoms with Crippen molar-refractivity contribution in [1.82, 2.24) is 10.3 Å². The third-order valence-corrected chi connectivity index (χ3v) is 5.04. The summed E-state index contributed by atoms with van der Waals surface area (Å²) in [5, 5.41) is 12.8. The van der Waals surface area contributed by atoms with Crippen molar-refractivity contribution in [2.75, 3.05) is 13.2 Å². The van der Waals surface area contributed by atoms with Crippen molar-refractivity contribution in [3.63, 3.8) is 0 Å². The van der Waals surface area contributed by atoms with Crippen LogP contribution in [0, 0.1) is 11.8 Å². The first-order chi connectivity index (χ1) is 10.9. The summed E-state index contributed by atoms with van der Waals surface area (Å²) in [6.07, 6.45) is 5.04. The third-order valence-electron chi connectivity index (χ3n) is 4.75. The minimum Gasteiger partial charge on any atom is -0.492 e. The summed E-state index contributed by atoms with van der Waals surface area (Å²) in [5.41, 5.74) is -0.468. The predicted molar refractivity (Wildman–Crippen MR) is 89.9 cm³/mol. The summed E-state index contributed by atoms with van der Waals surface area (Å²) in [4.78, 5) is 16.5. The van der Waals surface area contributed by atoms with Gasteiger partial charge in [-0.15, -0.1) is 0 Å². The van der Waals surface area contributed by atoms with E-state index >= 15 is 0 Å². The molecule has 0 saturated heterocycles. The lowest BCUT2D eigenvalue weighted by molar-refractivity contribution is 0.0778. The van der Waals surface area contributed by atoms with Crippen LogP contribution in [-0.2, 0) is 0 Å². The van der Waals surface area contributed by atoms with Crippen molar-refractivity contribution in [3.05, 3.63) is 23.0 Å². The average molecular weight is 341 g/mol. The molecule has 1 fully saturated rings. The van der Waals surface area contributed by atoms with Crippen molar-refractivity contribution < 1.29 is 14.6 Å². The number of halogens is 1. The summed E-state index contributed by atoms with van der Waals surface area (Å²) in [6, 6.07) is 1.56. The molecule has 1 saturated carbocycles. The van der Waals surface area contributed by atoms with Crippen LogP contribution in [0.15, 0.2) is 12.3 Å². The highest BCUT2D eigenvalue weighted by atomic mass is 35.5. The van der Waals surface area contributed by atoms with Crippen LogP contribution in [0.4, 0.5) is 0 Å². The van der Waals surface area contributed by atoms with E-state index in [9.17, 15) is 9.90 Å². The van der Waals surface area contributed by atoms with Crippen LogP contribution in [0.3, 0.4) is 0 Å². The Morgan fingerprint density at radius 1 is 1.57 bits per heavy atom. The molecule has 1 aromatic heterocycles. The number of hydrogen-bond donors (Lipinski definition) is 2. The maximum absolute atomic E-state index is 12.4. The smallest absolute Gasteiger partial charge is 0.270 e. The van der Waals surface area contributed by atoms with Crippen molar-refractivity contribution in [3.8, 4) is 5.75 Å². The summed E-state index contributed by atoms with van der Waals surface area (Å²) in [5.74, 6) is 0.794. The second-order valence-corrected chi connectivity index (χ2v) is 7.20. The number of carbonyl (C=O) groups excluding carboxylic acids is 1. The van der Waals surface area contributed by atoms with Gasteiger partial charge in [0.2, 0.25) is 0 Å². The number of carbonyl (C=O) groups is 1. The lowest BCUT2D eigenvalue weighted by Gasteiger charge is -2.32. The Labute approximate surface area is 142 Å². The highest BCUT2D eigenvalue weighted by Crippen LogP contribution is 2.30. The van der Waals surface area contributed by atoms with E-state index < -0.39 is 5.54 Å². The Kier molecular flexibility index (Phi) is 5.87. The second-order valence-electron chi connectivity index (χ2n) is 6.79. The van der Waals surface area contributed by atoms with Crippen molar-refractivity contribution in [2.24, 2.45) is 11.8 Å². The zero-order chi connectivity index (χ0) is 17.0. The maximum atomic E-state index is 12.4. The number of aliphatic hydroxyl groups excluding tert-OH is 1. The number of aliphatic hydroxyl groups is 1. The second kappa shape index (κ2) is 7.49. The van der Waals surface area contributed by atoms with E-state index in [0.29, 0.717) is 23.3 Å². The maximum Gasteiger partial charge on any atom is 0.270 e. The number of nitrogens with one attached hydrogen (secondary N) is 1. The molecule has 0 aromatic carbocycles. The molecule has 1 aliphatic rings. The Morgan fingerprint density at radius 2 is 2.26 bits per heavy atom. The summed E-state index contributed by atoms with van der Waals surface area (Å²) in [7, 11) is 0. The fourth-order valence-electron chi connectivity index (χ4n) is 2.21. The van der Waals surface area contributed by atoms with Gasteiger partial charge >= 0.3 is 0 Å². The number of pyridine rings is 1. The molecule has 1 amide bonds. The molecule has 0 radical (unpaired) electrons. The quantitative estimate of drug-likeness (QED) is 0.800. The molecule has 23 heavy (non-hydrogen) atoms. The molecule has 1 heterocycles. The number of aromatic nitrogens is 1. The van der Waals surface area contributed by atoms with Crippen LogP contribution in [0.2, 0.25) is 5.02 Å². The van der Waals surface area contributed by atoms with Crippen LogP contribution < -0.4 is 10.1 Å². The summed E-state index contributed by atoms with van der Waals surface area (Å²) >= 11 is 6.10. The van der Waals surface area contributed by atoms with Gasteiger partial charge < -0.3 is 15.2 Å². The molecule has 0 aliphatic heterocycles. The van der Waals surface area contributed by atoms with Crippen LogP contribution >= 0.6 is 11.6 Å². The lowest BCUT2D eigenvalue weighted by atomic mass is 9.86. The number of amides is 1. The van der Waals surface area contributed by atoms with E-state index in [1.807, 2.05) is 13.8 Å². The summed E-state index contributed by atoms with van der Waals surface area (Å²) < 4.78 is 5.73. The monoisotopic (exact) mass is 340 g/mol. The van der Waals surface area contributed by atoms with Gasteiger partial charge in [-0.1, -0.05) is 31.9 Å². The van der Waals surface area contributed by atoms with Crippen molar-refractivity contribution in [1.29, 1.82) is 0 Å². The first-order valence-corrected chi connectivity index (χ1v) is 8.45. The van der Waals surface area contributed by atoms with E-state index in [1.165, 1.54) is 25.5 Å². The van der Waals surface area contributed by atoms with Gasteiger partial charge in [0.25, 0.3) is 5.91 Å². The number of rotatable bonds is 7. The molecule has 0 bridgehead atoms. The molecule has 1 unspecified atom stereocenters. The molecule has 0 spiro atoms. The molecule has 2 N–H and O–H groups in total. The molecule has 2 rings (SSSR count). The largest absolute Gasteiger partial charge is 0.492 e. The van der Waals surface area contributed by atoms with E-state index in [0.717, 1.165) is 0 Å². The number of ether oxygens (including phenoxy) is 1. The van der Waals surface area contributed by atoms with Crippen LogP contribution in [0.5, 0.6) is 5.75 Å². The first kappa shape index (κ1) is 18.0. The predicted octanol–water partition coefficient (Wildman–Crippen LogP) is 3.05. The van der Waals surface area contributed by atoms with E-state index in [4.69, 9.17) is 16.3 Å². The molecule has 5 nitrogen and oxygen atoms in total. The molecule has 1 atom stereocenters. The van der Waals surface area contributed by atoms with Gasteiger partial charge in [-0.2, -0.15) is 0 Å². The van der Waals surface area contributed by atoms with Gasteiger partial charge in [0, 0.05) is 6.07 Å². The minimum atomic E-state index is -0.703. The minimum absolute atomic E-state index is 0.0816. The topological polar surface area (TPSA) is 71.5 Å². The Hall–Kier alpha value is -1.33. The highest BCUT2D eigenvalue weighted by molar-refractivity contribution is 6.32. The number of nitrogens with zero attached hydrogens (tertiary/aromatic N) is 1. The molecule has 1 aromatic rings. The lowest BCUT2D eigenvalue weighted by Crippen LogP contribution is -2.52. The van der Waals surface area contributed by atoms with Crippen LogP contribution in [-0.4, -0.2) is 34.8 Å². The molecule has 128 valence electrons. The normalized spacial score (nSPS) is 17.5. The zero-order valence-electron chi connectivity index (χ0n) is 13.9. The van der Waals surface area contributed by atoms with Gasteiger partial charge in [-0.05, 0) is 31.6 Å². The van der Waals surface area contributed by atoms with Gasteiger partial charge in [0.1, 0.15) is 16.5 Å². The zero-order valence-corrected chi connectivity index (χ0v) is 14.7. The molecule has 1 aliphatic carbocycles. The van der Waals surface area contributed by atoms with Crippen LogP contribution in [0.1, 0.15) is 50.5 Å². The molecular formula is C17H25ClN2O3. The summed E-state index contributed by atoms with van der Waals surface area (Å²) in [6.45, 7) is 6.16. The molecular weight excluding hydrogens is 316 g/mol. The highest BCUT2D eigenvalue weighted by Gasteiger charge is 2.30. The van der Waals surface area contributed by atoms with Gasteiger partial charge in [0.05, 0.1) is 24.9 Å². The standard InChI is InChI=1S/C17H25ClN2O3/c1-11(2)17(3,10-21)20-16(22)14-7-15(13(18)8-19-14)23-9-12-5-4-6-12/h7-8,11-12,21H,4-6,9-10H2,1-3H3,(H,20,22).